The first-order valence-electron chi connectivity index (χ1n) is 7.39. The van der Waals surface area contributed by atoms with Gasteiger partial charge in [-0.05, 0) is 24.6 Å². The molecule has 1 N–H and O–H groups in total. The van der Waals surface area contributed by atoms with E-state index in [4.69, 9.17) is 0 Å². The zero-order valence-corrected chi connectivity index (χ0v) is 12.8. The summed E-state index contributed by atoms with van der Waals surface area (Å²) in [5, 5.41) is 2.29. The van der Waals surface area contributed by atoms with Gasteiger partial charge in [0.25, 0.3) is 0 Å². The molecule has 8 heteroatoms. The highest BCUT2D eigenvalue weighted by atomic mass is 19.4. The van der Waals surface area contributed by atoms with E-state index in [9.17, 15) is 26.3 Å². The van der Waals surface area contributed by atoms with E-state index >= 15 is 0 Å². The fourth-order valence-corrected chi connectivity index (χ4v) is 3.07. The van der Waals surface area contributed by atoms with Crippen LogP contribution in [0.2, 0.25) is 0 Å². The molecule has 0 bridgehead atoms. The molecule has 1 unspecified atom stereocenters. The molecule has 0 aromatic heterocycles. The molecule has 2 nitrogen and oxygen atoms in total. The summed E-state index contributed by atoms with van der Waals surface area (Å²) in [5.41, 5.74) is 0.309. The van der Waals surface area contributed by atoms with Gasteiger partial charge in [-0.1, -0.05) is 24.3 Å². The highest BCUT2D eigenvalue weighted by Gasteiger charge is 2.43. The van der Waals surface area contributed by atoms with Crippen molar-refractivity contribution in [1.82, 2.24) is 5.32 Å². The lowest BCUT2D eigenvalue weighted by molar-refractivity contribution is -0.125. The van der Waals surface area contributed by atoms with Crippen LogP contribution in [0.4, 0.5) is 32.0 Å². The van der Waals surface area contributed by atoms with E-state index in [0.717, 1.165) is 0 Å². The summed E-state index contributed by atoms with van der Waals surface area (Å²) in [5.74, 6) is 0. The molecule has 0 fully saturated rings. The number of hydrogen-bond donors (Lipinski definition) is 1. The predicted molar refractivity (Wildman–Crippen MR) is 80.1 cm³/mol. The lowest BCUT2D eigenvalue weighted by atomic mass is 9.79. The number of hydrogen-bond acceptors (Lipinski definition) is 2. The van der Waals surface area contributed by atoms with Crippen molar-refractivity contribution in [3.05, 3.63) is 42.5 Å². The van der Waals surface area contributed by atoms with Crippen LogP contribution in [0.1, 0.15) is 12.0 Å². The lowest BCUT2D eigenvalue weighted by Crippen LogP contribution is -2.39. The summed E-state index contributed by atoms with van der Waals surface area (Å²) in [6.45, 7) is 1.55. The first-order chi connectivity index (χ1) is 11.1. The minimum absolute atomic E-state index is 0.0275. The van der Waals surface area contributed by atoms with Gasteiger partial charge in [-0.2, -0.15) is 26.3 Å². The Bertz CT molecular complexity index is 581. The minimum atomic E-state index is -4.36. The summed E-state index contributed by atoms with van der Waals surface area (Å²) < 4.78 is 75.0. The van der Waals surface area contributed by atoms with Crippen LogP contribution in [0.5, 0.6) is 0 Å². The molecule has 0 spiro atoms. The maximum Gasteiger partial charge on any atom is 0.405 e. The van der Waals surface area contributed by atoms with Gasteiger partial charge < -0.3 is 10.2 Å². The van der Waals surface area contributed by atoms with Crippen molar-refractivity contribution >= 4 is 5.69 Å². The SMILES string of the molecule is C=CC1(CCNCC(F)(F)F)CN(CC(F)(F)F)c2ccccc21. The van der Waals surface area contributed by atoms with Gasteiger partial charge in [-0.3, -0.25) is 0 Å². The van der Waals surface area contributed by atoms with Gasteiger partial charge in [0.1, 0.15) is 6.54 Å². The second-order valence-corrected chi connectivity index (χ2v) is 5.89. The van der Waals surface area contributed by atoms with Crippen molar-refractivity contribution < 1.29 is 26.3 Å². The number of anilines is 1. The van der Waals surface area contributed by atoms with Crippen molar-refractivity contribution in [3.8, 4) is 0 Å². The third-order valence-corrected chi connectivity index (χ3v) is 4.09. The largest absolute Gasteiger partial charge is 0.405 e. The van der Waals surface area contributed by atoms with Crippen molar-refractivity contribution in [2.45, 2.75) is 24.2 Å². The normalized spacial score (nSPS) is 21.0. The standard InChI is InChI=1S/C16H18F6N2/c1-2-14(7-8-23-9-15(17,18)19)10-24(11-16(20,21)22)13-6-4-3-5-12(13)14/h2-6,23H,1,7-11H2. The summed E-state index contributed by atoms with van der Waals surface area (Å²) in [6, 6.07) is 6.65. The van der Waals surface area contributed by atoms with Gasteiger partial charge in [0.05, 0.1) is 6.54 Å². The van der Waals surface area contributed by atoms with Crippen molar-refractivity contribution in [2.75, 3.05) is 31.1 Å². The summed E-state index contributed by atoms with van der Waals surface area (Å²) in [4.78, 5) is 1.21. The number of alkyl halides is 6. The Morgan fingerprint density at radius 2 is 1.79 bits per heavy atom. The van der Waals surface area contributed by atoms with Crippen LogP contribution in [-0.2, 0) is 5.41 Å². The van der Waals surface area contributed by atoms with E-state index in [-0.39, 0.29) is 19.5 Å². The average Bonchev–Trinajstić information content (AvgIpc) is 2.76. The Morgan fingerprint density at radius 3 is 2.38 bits per heavy atom. The van der Waals surface area contributed by atoms with Crippen molar-refractivity contribution in [1.29, 1.82) is 0 Å². The quantitative estimate of drug-likeness (QED) is 0.472. The van der Waals surface area contributed by atoms with Crippen LogP contribution in [0, 0.1) is 0 Å². The number of para-hydroxylation sites is 1. The monoisotopic (exact) mass is 352 g/mol. The molecular weight excluding hydrogens is 334 g/mol. The highest BCUT2D eigenvalue weighted by molar-refractivity contribution is 5.64. The van der Waals surface area contributed by atoms with Crippen LogP contribution in [0.15, 0.2) is 36.9 Å². The molecule has 0 amide bonds. The molecule has 24 heavy (non-hydrogen) atoms. The zero-order valence-electron chi connectivity index (χ0n) is 12.8. The molecular formula is C16H18F6N2. The Balaban J connectivity index is 2.16. The van der Waals surface area contributed by atoms with Gasteiger partial charge >= 0.3 is 12.4 Å². The molecule has 1 aliphatic rings. The Kier molecular flexibility index (Phi) is 5.17. The first kappa shape index (κ1) is 18.6. The predicted octanol–water partition coefficient (Wildman–Crippen LogP) is 4.03. The first-order valence-corrected chi connectivity index (χ1v) is 7.39. The van der Waals surface area contributed by atoms with Crippen LogP contribution >= 0.6 is 0 Å². The van der Waals surface area contributed by atoms with Gasteiger partial charge in [0.2, 0.25) is 0 Å². The van der Waals surface area contributed by atoms with E-state index < -0.39 is 30.9 Å². The van der Waals surface area contributed by atoms with Gasteiger partial charge in [-0.25, -0.2) is 0 Å². The molecule has 0 radical (unpaired) electrons. The molecule has 134 valence electrons. The van der Waals surface area contributed by atoms with Gasteiger partial charge in [0, 0.05) is 17.6 Å². The van der Waals surface area contributed by atoms with Crippen LogP contribution in [-0.4, -0.2) is 38.5 Å². The summed E-state index contributed by atoms with van der Waals surface area (Å²) >= 11 is 0. The number of nitrogens with zero attached hydrogens (tertiary/aromatic N) is 1. The summed E-state index contributed by atoms with van der Waals surface area (Å²) in [7, 11) is 0. The van der Waals surface area contributed by atoms with Crippen molar-refractivity contribution in [3.63, 3.8) is 0 Å². The van der Waals surface area contributed by atoms with Crippen molar-refractivity contribution in [2.24, 2.45) is 0 Å². The fraction of sp³-hybridized carbons (Fsp3) is 0.500. The van der Waals surface area contributed by atoms with E-state index in [2.05, 4.69) is 11.9 Å². The molecule has 1 aromatic rings. The minimum Gasteiger partial charge on any atom is -0.361 e. The number of rotatable bonds is 6. The second-order valence-electron chi connectivity index (χ2n) is 5.89. The maximum absolute atomic E-state index is 12.8. The number of nitrogens with one attached hydrogen (secondary N) is 1. The molecule has 1 heterocycles. The number of benzene rings is 1. The lowest BCUT2D eigenvalue weighted by Gasteiger charge is -2.28. The average molecular weight is 352 g/mol. The molecule has 0 saturated heterocycles. The Labute approximate surface area is 136 Å². The smallest absolute Gasteiger partial charge is 0.361 e. The van der Waals surface area contributed by atoms with E-state index in [0.29, 0.717) is 11.3 Å². The molecule has 2 rings (SSSR count). The van der Waals surface area contributed by atoms with E-state index in [1.807, 2.05) is 0 Å². The van der Waals surface area contributed by atoms with Gasteiger partial charge in [-0.15, -0.1) is 6.58 Å². The van der Waals surface area contributed by atoms with E-state index in [1.54, 1.807) is 24.3 Å². The molecule has 0 saturated carbocycles. The Hall–Kier alpha value is -1.70. The molecule has 1 atom stereocenters. The number of halogens is 6. The molecule has 1 aromatic carbocycles. The third-order valence-electron chi connectivity index (χ3n) is 4.09. The van der Waals surface area contributed by atoms with Gasteiger partial charge in [0.15, 0.2) is 0 Å². The second kappa shape index (κ2) is 6.66. The fourth-order valence-electron chi connectivity index (χ4n) is 3.07. The van der Waals surface area contributed by atoms with E-state index in [1.165, 1.54) is 11.0 Å². The topological polar surface area (TPSA) is 15.3 Å². The summed E-state index contributed by atoms with van der Waals surface area (Å²) in [6.07, 6.45) is -6.91. The number of fused-ring (bicyclic) bond motifs is 1. The molecule has 0 aliphatic carbocycles. The maximum atomic E-state index is 12.8. The highest BCUT2D eigenvalue weighted by Crippen LogP contribution is 2.44. The molecule has 1 aliphatic heterocycles. The van der Waals surface area contributed by atoms with Crippen LogP contribution in [0.25, 0.3) is 0 Å². The Morgan fingerprint density at radius 1 is 1.12 bits per heavy atom. The third kappa shape index (κ3) is 4.43. The van der Waals surface area contributed by atoms with Crippen LogP contribution in [0.3, 0.4) is 0 Å². The van der Waals surface area contributed by atoms with Crippen LogP contribution < -0.4 is 10.2 Å². The zero-order chi connectivity index (χ0) is 18.0.